The molecule has 1 aromatic rings. The van der Waals surface area contributed by atoms with Gasteiger partial charge in [0.25, 0.3) is 0 Å². The molecule has 0 aliphatic heterocycles. The standard InChI is InChI=1S/C23H25F11N2O6/c1-18(2,3)41-16(37)35-10-8-12(39-7)13(9-11(10)36-17(38)42-19(4,5)6)40-15(25)14(24)20(26,27)21(28,29)22(30,31)23(32,33)34/h8-9H,1-7H3,(H,35,37)(H,36,38). The average Bonchev–Trinajstić information content (AvgIpc) is 2.76. The van der Waals surface area contributed by atoms with Gasteiger partial charge >= 0.3 is 42.1 Å². The van der Waals surface area contributed by atoms with Crippen molar-refractivity contribution in [2.24, 2.45) is 0 Å². The molecule has 0 aliphatic carbocycles. The zero-order valence-corrected chi connectivity index (χ0v) is 22.8. The molecule has 0 aliphatic rings. The molecule has 240 valence electrons. The highest BCUT2D eigenvalue weighted by atomic mass is 19.4. The topological polar surface area (TPSA) is 95.1 Å². The van der Waals surface area contributed by atoms with Gasteiger partial charge in [0.2, 0.25) is 5.83 Å². The third-order valence-corrected chi connectivity index (χ3v) is 4.37. The Bertz CT molecular complexity index is 1200. The summed E-state index contributed by atoms with van der Waals surface area (Å²) in [6, 6.07) is -2.24. The number of hydrogen-bond donors (Lipinski definition) is 2. The first-order valence-electron chi connectivity index (χ1n) is 11.2. The number of amides is 2. The van der Waals surface area contributed by atoms with Gasteiger partial charge in [-0.25, -0.2) is 9.59 Å². The van der Waals surface area contributed by atoms with Crippen LogP contribution < -0.4 is 20.1 Å². The molecule has 8 nitrogen and oxygen atoms in total. The van der Waals surface area contributed by atoms with E-state index in [1.54, 1.807) is 0 Å². The second-order valence-corrected chi connectivity index (χ2v) is 10.2. The van der Waals surface area contributed by atoms with Crippen LogP contribution in [0, 0.1) is 0 Å². The molecule has 0 spiro atoms. The molecule has 0 saturated heterocycles. The van der Waals surface area contributed by atoms with Crippen molar-refractivity contribution in [3.8, 4) is 11.5 Å². The van der Waals surface area contributed by atoms with E-state index in [0.717, 1.165) is 7.11 Å². The van der Waals surface area contributed by atoms with Gasteiger partial charge in [-0.05, 0) is 41.5 Å². The van der Waals surface area contributed by atoms with Crippen molar-refractivity contribution < 1.29 is 76.8 Å². The van der Waals surface area contributed by atoms with E-state index >= 15 is 0 Å². The Balaban J connectivity index is 3.67. The van der Waals surface area contributed by atoms with Gasteiger partial charge in [-0.3, -0.25) is 10.6 Å². The second-order valence-electron chi connectivity index (χ2n) is 10.2. The molecule has 0 fully saturated rings. The summed E-state index contributed by atoms with van der Waals surface area (Å²) in [7, 11) is 0.811. The Morgan fingerprint density at radius 3 is 1.38 bits per heavy atom. The fraction of sp³-hybridized carbons (Fsp3) is 0.565. The lowest BCUT2D eigenvalue weighted by molar-refractivity contribution is -0.392. The highest BCUT2D eigenvalue weighted by Gasteiger charge is 2.83. The van der Waals surface area contributed by atoms with Crippen LogP contribution in [0.2, 0.25) is 0 Å². The molecule has 0 unspecified atom stereocenters. The average molecular weight is 634 g/mol. The minimum absolute atomic E-state index is 0.439. The predicted octanol–water partition coefficient (Wildman–Crippen LogP) is 8.34. The third kappa shape index (κ3) is 8.43. The summed E-state index contributed by atoms with van der Waals surface area (Å²) in [4.78, 5) is 24.5. The van der Waals surface area contributed by atoms with E-state index in [-0.39, 0.29) is 0 Å². The van der Waals surface area contributed by atoms with Crippen LogP contribution in [0.25, 0.3) is 0 Å². The SMILES string of the molecule is COc1cc(NC(=O)OC(C)(C)C)c(NC(=O)OC(C)(C)C)cc1OC(F)=C(F)C(F)(F)C(F)(F)C(F)(F)C(F)(F)F. The van der Waals surface area contributed by atoms with E-state index in [1.165, 1.54) is 41.5 Å². The number of benzene rings is 1. The van der Waals surface area contributed by atoms with E-state index in [1.807, 2.05) is 5.32 Å². The third-order valence-electron chi connectivity index (χ3n) is 4.37. The van der Waals surface area contributed by atoms with Crippen molar-refractivity contribution in [1.82, 2.24) is 0 Å². The molecule has 0 aromatic heterocycles. The highest BCUT2D eigenvalue weighted by molar-refractivity contribution is 5.96. The summed E-state index contributed by atoms with van der Waals surface area (Å²) in [6.45, 7) is 8.69. The van der Waals surface area contributed by atoms with Crippen LogP contribution in [0.15, 0.2) is 24.0 Å². The van der Waals surface area contributed by atoms with Gasteiger partial charge in [-0.15, -0.1) is 0 Å². The Morgan fingerprint density at radius 1 is 0.667 bits per heavy atom. The number of alkyl halides is 9. The summed E-state index contributed by atoms with van der Waals surface area (Å²) in [6.07, 6.45) is -9.70. The normalized spacial score (nSPS) is 14.0. The number of halogens is 11. The first kappa shape index (κ1) is 36.4. The quantitative estimate of drug-likeness (QED) is 0.221. The summed E-state index contributed by atoms with van der Waals surface area (Å²) in [5.74, 6) is -28.3. The van der Waals surface area contributed by atoms with E-state index in [4.69, 9.17) is 14.2 Å². The van der Waals surface area contributed by atoms with E-state index in [2.05, 4.69) is 10.1 Å². The molecule has 0 heterocycles. The van der Waals surface area contributed by atoms with Gasteiger partial charge in [0, 0.05) is 12.1 Å². The monoisotopic (exact) mass is 634 g/mol. The Hall–Kier alpha value is -3.67. The number of carbonyl (C=O) groups is 2. The number of methoxy groups -OCH3 is 1. The number of nitrogens with one attached hydrogen (secondary N) is 2. The number of rotatable bonds is 8. The molecule has 1 rings (SSSR count). The minimum atomic E-state index is -7.53. The summed E-state index contributed by atoms with van der Waals surface area (Å²) < 4.78 is 165. The van der Waals surface area contributed by atoms with Crippen LogP contribution in [-0.2, 0) is 9.47 Å². The van der Waals surface area contributed by atoms with Crippen LogP contribution in [-0.4, -0.2) is 54.4 Å². The first-order chi connectivity index (χ1) is 18.6. The maximum atomic E-state index is 14.3. The van der Waals surface area contributed by atoms with Gasteiger partial charge in [-0.2, -0.15) is 48.3 Å². The molecule has 0 bridgehead atoms. The summed E-state index contributed by atoms with van der Waals surface area (Å²) >= 11 is 0. The summed E-state index contributed by atoms with van der Waals surface area (Å²) in [5.41, 5.74) is -3.25. The number of carbonyl (C=O) groups excluding carboxylic acids is 2. The molecular formula is C23H25F11N2O6. The molecule has 42 heavy (non-hydrogen) atoms. The maximum Gasteiger partial charge on any atom is 0.460 e. The lowest BCUT2D eigenvalue weighted by atomic mass is 10.0. The molecule has 0 saturated carbocycles. The second kappa shape index (κ2) is 11.9. The zero-order valence-electron chi connectivity index (χ0n) is 22.8. The van der Waals surface area contributed by atoms with Crippen LogP contribution in [0.5, 0.6) is 11.5 Å². The molecule has 2 amide bonds. The minimum Gasteiger partial charge on any atom is -0.493 e. The predicted molar refractivity (Wildman–Crippen MR) is 123 cm³/mol. The van der Waals surface area contributed by atoms with Crippen molar-refractivity contribution in [2.75, 3.05) is 17.7 Å². The molecule has 2 N–H and O–H groups in total. The van der Waals surface area contributed by atoms with Gasteiger partial charge in [0.15, 0.2) is 11.5 Å². The molecular weight excluding hydrogens is 609 g/mol. The van der Waals surface area contributed by atoms with Crippen molar-refractivity contribution in [2.45, 2.75) is 76.7 Å². The number of allylic oxidation sites excluding steroid dienone is 1. The fourth-order valence-corrected chi connectivity index (χ4v) is 2.61. The Labute approximate surface area is 231 Å². The highest BCUT2D eigenvalue weighted by Crippen LogP contribution is 2.56. The summed E-state index contributed by atoms with van der Waals surface area (Å²) in [5, 5.41) is 4.16. The van der Waals surface area contributed by atoms with E-state index in [0.29, 0.717) is 12.1 Å². The Kier molecular flexibility index (Phi) is 10.3. The fourth-order valence-electron chi connectivity index (χ4n) is 2.61. The van der Waals surface area contributed by atoms with Crippen molar-refractivity contribution in [1.29, 1.82) is 0 Å². The number of hydrogen-bond acceptors (Lipinski definition) is 6. The van der Waals surface area contributed by atoms with Crippen LogP contribution in [0.1, 0.15) is 41.5 Å². The van der Waals surface area contributed by atoms with Gasteiger partial charge < -0.3 is 18.9 Å². The smallest absolute Gasteiger partial charge is 0.460 e. The largest absolute Gasteiger partial charge is 0.493 e. The van der Waals surface area contributed by atoms with Gasteiger partial charge in [0.1, 0.15) is 11.2 Å². The lowest BCUT2D eigenvalue weighted by Crippen LogP contribution is -2.61. The maximum absolute atomic E-state index is 14.3. The number of ether oxygens (including phenoxy) is 4. The Morgan fingerprint density at radius 2 is 1.05 bits per heavy atom. The van der Waals surface area contributed by atoms with Crippen molar-refractivity contribution >= 4 is 23.6 Å². The van der Waals surface area contributed by atoms with Crippen molar-refractivity contribution in [3.05, 3.63) is 24.0 Å². The lowest BCUT2D eigenvalue weighted by Gasteiger charge is -2.32. The number of anilines is 2. The zero-order chi connectivity index (χ0) is 33.3. The van der Waals surface area contributed by atoms with Crippen LogP contribution in [0.4, 0.5) is 69.3 Å². The van der Waals surface area contributed by atoms with Crippen LogP contribution in [0.3, 0.4) is 0 Å². The van der Waals surface area contributed by atoms with E-state index < -0.39 is 82.0 Å². The molecule has 0 atom stereocenters. The van der Waals surface area contributed by atoms with E-state index in [9.17, 15) is 57.9 Å². The molecule has 1 aromatic carbocycles. The first-order valence-corrected chi connectivity index (χ1v) is 11.2. The van der Waals surface area contributed by atoms with Crippen LogP contribution >= 0.6 is 0 Å². The molecule has 19 heteroatoms. The molecule has 0 radical (unpaired) electrons. The van der Waals surface area contributed by atoms with Gasteiger partial charge in [-0.1, -0.05) is 0 Å². The van der Waals surface area contributed by atoms with Crippen molar-refractivity contribution in [3.63, 3.8) is 0 Å². The van der Waals surface area contributed by atoms with Gasteiger partial charge in [0.05, 0.1) is 18.5 Å².